The number of guanidine groups is 1. The third-order valence-electron chi connectivity index (χ3n) is 3.42. The van der Waals surface area contributed by atoms with Crippen LogP contribution in [-0.4, -0.2) is 30.6 Å². The molecule has 0 radical (unpaired) electrons. The minimum absolute atomic E-state index is 0. The average molecular weight is 422 g/mol. The van der Waals surface area contributed by atoms with Gasteiger partial charge in [0.2, 0.25) is 0 Å². The van der Waals surface area contributed by atoms with Crippen LogP contribution < -0.4 is 10.6 Å². The van der Waals surface area contributed by atoms with Crippen LogP contribution in [0.5, 0.6) is 0 Å². The van der Waals surface area contributed by atoms with Crippen LogP contribution in [0.1, 0.15) is 43.3 Å². The van der Waals surface area contributed by atoms with Gasteiger partial charge in [0, 0.05) is 31.4 Å². The lowest BCUT2D eigenvalue weighted by molar-refractivity contribution is 0.670. The molecule has 0 unspecified atom stereocenters. The summed E-state index contributed by atoms with van der Waals surface area (Å²) in [4.78, 5) is 9.10. The van der Waals surface area contributed by atoms with E-state index in [-0.39, 0.29) is 24.0 Å². The summed E-state index contributed by atoms with van der Waals surface area (Å²) in [7, 11) is 0. The van der Waals surface area contributed by atoms with Crippen LogP contribution in [0, 0.1) is 12.8 Å². The number of halogens is 1. The lowest BCUT2D eigenvalue weighted by atomic mass is 10.2. The van der Waals surface area contributed by atoms with Gasteiger partial charge in [-0.05, 0) is 32.6 Å². The van der Waals surface area contributed by atoms with E-state index < -0.39 is 0 Å². The van der Waals surface area contributed by atoms with Crippen molar-refractivity contribution >= 4 is 41.3 Å². The molecule has 21 heavy (non-hydrogen) atoms. The van der Waals surface area contributed by atoms with Crippen LogP contribution in [0.3, 0.4) is 0 Å². The Morgan fingerprint density at radius 3 is 2.86 bits per heavy atom. The number of nitrogens with zero attached hydrogens (tertiary/aromatic N) is 2. The van der Waals surface area contributed by atoms with Gasteiger partial charge in [-0.15, -0.1) is 35.3 Å². The standard InChI is InChI=1S/C15H26N4S.HI/c1-3-16-15(17-9-4-5-13-6-7-13)18-10-8-14-11-20-12(2)19-14;/h11,13H,3-10H2,1-2H3,(H2,16,17,18);1H. The summed E-state index contributed by atoms with van der Waals surface area (Å²) in [5.41, 5.74) is 1.17. The Morgan fingerprint density at radius 1 is 1.43 bits per heavy atom. The van der Waals surface area contributed by atoms with Gasteiger partial charge in [0.1, 0.15) is 0 Å². The minimum Gasteiger partial charge on any atom is -0.357 e. The molecule has 0 amide bonds. The van der Waals surface area contributed by atoms with Gasteiger partial charge in [0.15, 0.2) is 5.96 Å². The van der Waals surface area contributed by atoms with Crippen molar-refractivity contribution in [2.45, 2.75) is 46.0 Å². The van der Waals surface area contributed by atoms with E-state index in [9.17, 15) is 0 Å². The number of aromatic nitrogens is 1. The van der Waals surface area contributed by atoms with E-state index in [1.807, 2.05) is 6.92 Å². The first-order valence-electron chi connectivity index (χ1n) is 7.71. The smallest absolute Gasteiger partial charge is 0.191 e. The Balaban J connectivity index is 0.00000220. The van der Waals surface area contributed by atoms with E-state index in [1.165, 1.54) is 31.4 Å². The molecule has 1 aromatic rings. The van der Waals surface area contributed by atoms with Gasteiger partial charge in [0.25, 0.3) is 0 Å². The topological polar surface area (TPSA) is 49.3 Å². The van der Waals surface area contributed by atoms with Gasteiger partial charge in [-0.1, -0.05) is 12.8 Å². The summed E-state index contributed by atoms with van der Waals surface area (Å²) in [6, 6.07) is 0. The van der Waals surface area contributed by atoms with Gasteiger partial charge in [0.05, 0.1) is 10.7 Å². The number of aliphatic imine (C=N–C) groups is 1. The van der Waals surface area contributed by atoms with Crippen molar-refractivity contribution in [1.82, 2.24) is 15.6 Å². The van der Waals surface area contributed by atoms with Crippen LogP contribution in [-0.2, 0) is 6.42 Å². The van der Waals surface area contributed by atoms with Crippen molar-refractivity contribution in [3.05, 3.63) is 16.1 Å². The van der Waals surface area contributed by atoms with Crippen molar-refractivity contribution in [2.75, 3.05) is 19.6 Å². The monoisotopic (exact) mass is 422 g/mol. The van der Waals surface area contributed by atoms with E-state index in [4.69, 9.17) is 0 Å². The summed E-state index contributed by atoms with van der Waals surface area (Å²) in [5, 5.41) is 9.96. The van der Waals surface area contributed by atoms with Crippen LogP contribution in [0.15, 0.2) is 10.4 Å². The van der Waals surface area contributed by atoms with Crippen LogP contribution in [0.2, 0.25) is 0 Å². The van der Waals surface area contributed by atoms with Crippen molar-refractivity contribution in [3.8, 4) is 0 Å². The zero-order valence-electron chi connectivity index (χ0n) is 13.0. The van der Waals surface area contributed by atoms with E-state index in [2.05, 4.69) is 32.9 Å². The molecular weight excluding hydrogens is 395 g/mol. The molecular formula is C15H27IN4S. The molecule has 2 rings (SSSR count). The Morgan fingerprint density at radius 2 is 2.24 bits per heavy atom. The number of thiazole rings is 1. The molecule has 1 saturated carbocycles. The largest absolute Gasteiger partial charge is 0.357 e. The molecule has 1 heterocycles. The van der Waals surface area contributed by atoms with Crippen molar-refractivity contribution in [1.29, 1.82) is 0 Å². The number of nitrogens with one attached hydrogen (secondary N) is 2. The molecule has 1 aliphatic rings. The third kappa shape index (κ3) is 7.99. The van der Waals surface area contributed by atoms with E-state index >= 15 is 0 Å². The number of hydrogen-bond donors (Lipinski definition) is 2. The molecule has 1 aromatic heterocycles. The van der Waals surface area contributed by atoms with Crippen molar-refractivity contribution in [3.63, 3.8) is 0 Å². The molecule has 1 aliphatic carbocycles. The quantitative estimate of drug-likeness (QED) is 0.292. The van der Waals surface area contributed by atoms with Crippen molar-refractivity contribution < 1.29 is 0 Å². The van der Waals surface area contributed by atoms with Gasteiger partial charge >= 0.3 is 0 Å². The Labute approximate surface area is 149 Å². The van der Waals surface area contributed by atoms with Crippen LogP contribution in [0.4, 0.5) is 0 Å². The van der Waals surface area contributed by atoms with Crippen molar-refractivity contribution in [2.24, 2.45) is 10.9 Å². The molecule has 4 nitrogen and oxygen atoms in total. The summed E-state index contributed by atoms with van der Waals surface area (Å²) in [5.74, 6) is 1.95. The maximum absolute atomic E-state index is 4.63. The van der Waals surface area contributed by atoms with E-state index in [0.29, 0.717) is 0 Å². The lowest BCUT2D eigenvalue weighted by Crippen LogP contribution is -2.38. The highest BCUT2D eigenvalue weighted by Crippen LogP contribution is 2.33. The van der Waals surface area contributed by atoms with E-state index in [1.54, 1.807) is 11.3 Å². The number of hydrogen-bond acceptors (Lipinski definition) is 3. The van der Waals surface area contributed by atoms with E-state index in [0.717, 1.165) is 42.9 Å². The summed E-state index contributed by atoms with van der Waals surface area (Å²) in [6.45, 7) is 6.88. The summed E-state index contributed by atoms with van der Waals surface area (Å²) >= 11 is 1.71. The molecule has 2 N–H and O–H groups in total. The van der Waals surface area contributed by atoms with Crippen LogP contribution in [0.25, 0.3) is 0 Å². The second-order valence-electron chi connectivity index (χ2n) is 5.38. The first-order chi connectivity index (χ1) is 9.78. The second-order valence-corrected chi connectivity index (χ2v) is 6.44. The van der Waals surface area contributed by atoms with Crippen LogP contribution >= 0.6 is 35.3 Å². The molecule has 1 fully saturated rings. The molecule has 0 bridgehead atoms. The Kier molecular flexibility index (Phi) is 9.23. The fourth-order valence-electron chi connectivity index (χ4n) is 2.15. The fraction of sp³-hybridized carbons (Fsp3) is 0.733. The minimum atomic E-state index is 0. The van der Waals surface area contributed by atoms with Gasteiger partial charge in [-0.3, -0.25) is 4.99 Å². The predicted octanol–water partition coefficient (Wildman–Crippen LogP) is 3.36. The fourth-order valence-corrected chi connectivity index (χ4v) is 2.80. The SMILES string of the molecule is CCNC(=NCCCC1CC1)NCCc1csc(C)n1.I. The third-order valence-corrected chi connectivity index (χ3v) is 4.24. The zero-order chi connectivity index (χ0) is 14.2. The molecule has 0 atom stereocenters. The second kappa shape index (κ2) is 10.4. The van der Waals surface area contributed by atoms with Gasteiger partial charge in [-0.25, -0.2) is 4.98 Å². The molecule has 0 saturated heterocycles. The molecule has 0 aliphatic heterocycles. The number of aryl methyl sites for hydroxylation is 1. The zero-order valence-corrected chi connectivity index (χ0v) is 16.2. The highest BCUT2D eigenvalue weighted by Gasteiger charge is 2.19. The maximum atomic E-state index is 4.63. The van der Waals surface area contributed by atoms with Gasteiger partial charge < -0.3 is 10.6 Å². The Hall–Kier alpha value is -0.370. The predicted molar refractivity (Wildman–Crippen MR) is 102 cm³/mol. The first-order valence-corrected chi connectivity index (χ1v) is 8.59. The lowest BCUT2D eigenvalue weighted by Gasteiger charge is -2.10. The molecule has 6 heteroatoms. The molecule has 0 aromatic carbocycles. The number of rotatable bonds is 8. The summed E-state index contributed by atoms with van der Waals surface area (Å²) < 4.78 is 0. The van der Waals surface area contributed by atoms with Gasteiger partial charge in [-0.2, -0.15) is 0 Å². The maximum Gasteiger partial charge on any atom is 0.191 e. The summed E-state index contributed by atoms with van der Waals surface area (Å²) in [6.07, 6.45) is 6.40. The molecule has 0 spiro atoms. The first kappa shape index (κ1) is 18.7. The highest BCUT2D eigenvalue weighted by atomic mass is 127. The average Bonchev–Trinajstić information content (AvgIpc) is 3.17. The highest BCUT2D eigenvalue weighted by molar-refractivity contribution is 14.0. The normalized spacial score (nSPS) is 14.7. The Bertz CT molecular complexity index is 429. The molecule has 120 valence electrons.